The molecule has 0 amide bonds. The van der Waals surface area contributed by atoms with Crippen LogP contribution in [0.2, 0.25) is 5.02 Å². The van der Waals surface area contributed by atoms with Gasteiger partial charge in [-0.2, -0.15) is 0 Å². The van der Waals surface area contributed by atoms with Gasteiger partial charge < -0.3 is 10.2 Å². The minimum atomic E-state index is 0.756. The van der Waals surface area contributed by atoms with E-state index in [1.54, 1.807) is 0 Å². The summed E-state index contributed by atoms with van der Waals surface area (Å²) < 4.78 is 0. The van der Waals surface area contributed by atoms with Gasteiger partial charge in [0.1, 0.15) is 0 Å². The van der Waals surface area contributed by atoms with Gasteiger partial charge in [-0.25, -0.2) is 0 Å². The molecule has 2 aromatic carbocycles. The van der Waals surface area contributed by atoms with Crippen molar-refractivity contribution in [2.24, 2.45) is 0 Å². The zero-order valence-electron chi connectivity index (χ0n) is 10.7. The number of nitrogens with zero attached hydrogens (tertiary/aromatic N) is 1. The van der Waals surface area contributed by atoms with E-state index in [1.807, 2.05) is 37.4 Å². The summed E-state index contributed by atoms with van der Waals surface area (Å²) in [6.07, 6.45) is 0. The minimum absolute atomic E-state index is 0.756. The third kappa shape index (κ3) is 2.66. The number of benzene rings is 2. The second kappa shape index (κ2) is 5.89. The van der Waals surface area contributed by atoms with Crippen molar-refractivity contribution in [1.29, 1.82) is 0 Å². The Morgan fingerprint density at radius 3 is 2.44 bits per heavy atom. The Balaban J connectivity index is 2.41. The van der Waals surface area contributed by atoms with Crippen LogP contribution in [-0.4, -0.2) is 14.1 Å². The molecule has 0 saturated heterocycles. The van der Waals surface area contributed by atoms with Crippen LogP contribution in [0.25, 0.3) is 0 Å². The van der Waals surface area contributed by atoms with Gasteiger partial charge in [0.2, 0.25) is 0 Å². The summed E-state index contributed by atoms with van der Waals surface area (Å²) in [5.74, 6) is 0. The van der Waals surface area contributed by atoms with Crippen molar-refractivity contribution in [2.75, 3.05) is 19.0 Å². The van der Waals surface area contributed by atoms with Crippen LogP contribution in [0.1, 0.15) is 5.56 Å². The van der Waals surface area contributed by atoms with Crippen molar-refractivity contribution >= 4 is 23.0 Å². The van der Waals surface area contributed by atoms with Gasteiger partial charge in [-0.05, 0) is 31.3 Å². The molecule has 3 heteroatoms. The number of nitrogens with one attached hydrogen (secondary N) is 1. The molecule has 0 bridgehead atoms. The first-order chi connectivity index (χ1) is 8.74. The first-order valence-electron chi connectivity index (χ1n) is 5.95. The van der Waals surface area contributed by atoms with Crippen molar-refractivity contribution in [3.05, 3.63) is 59.1 Å². The third-order valence-electron chi connectivity index (χ3n) is 2.95. The number of hydrogen-bond donors (Lipinski definition) is 1. The van der Waals surface area contributed by atoms with E-state index in [9.17, 15) is 0 Å². The van der Waals surface area contributed by atoms with Crippen LogP contribution in [0, 0.1) is 0 Å². The monoisotopic (exact) mass is 260 g/mol. The van der Waals surface area contributed by atoms with Crippen LogP contribution in [-0.2, 0) is 6.54 Å². The van der Waals surface area contributed by atoms with Crippen molar-refractivity contribution < 1.29 is 0 Å². The van der Waals surface area contributed by atoms with Gasteiger partial charge in [0.05, 0.1) is 0 Å². The highest BCUT2D eigenvalue weighted by Gasteiger charge is 2.11. The van der Waals surface area contributed by atoms with Gasteiger partial charge >= 0.3 is 0 Å². The topological polar surface area (TPSA) is 15.3 Å². The lowest BCUT2D eigenvalue weighted by Crippen LogP contribution is -2.15. The maximum absolute atomic E-state index is 6.27. The van der Waals surface area contributed by atoms with Gasteiger partial charge in [0, 0.05) is 35.6 Å². The van der Waals surface area contributed by atoms with Crippen molar-refractivity contribution in [3.63, 3.8) is 0 Å². The summed E-state index contributed by atoms with van der Waals surface area (Å²) in [6.45, 7) is 0.756. The van der Waals surface area contributed by atoms with Gasteiger partial charge in [-0.3, -0.25) is 0 Å². The Labute approximate surface area is 113 Å². The van der Waals surface area contributed by atoms with E-state index in [0.717, 1.165) is 28.5 Å². The first-order valence-corrected chi connectivity index (χ1v) is 6.32. The second-order valence-electron chi connectivity index (χ2n) is 4.16. The maximum Gasteiger partial charge on any atom is 0.0471 e. The van der Waals surface area contributed by atoms with E-state index < -0.39 is 0 Å². The lowest BCUT2D eigenvalue weighted by Gasteiger charge is -2.23. The Morgan fingerprint density at radius 1 is 1.06 bits per heavy atom. The fourth-order valence-corrected chi connectivity index (χ4v) is 2.24. The predicted octanol–water partition coefficient (Wildman–Crippen LogP) is 3.83. The first kappa shape index (κ1) is 12.9. The van der Waals surface area contributed by atoms with Gasteiger partial charge in [-0.15, -0.1) is 0 Å². The number of anilines is 2. The molecule has 0 aliphatic rings. The summed E-state index contributed by atoms with van der Waals surface area (Å²) in [6, 6.07) is 16.3. The number of hydrogen-bond acceptors (Lipinski definition) is 2. The number of para-hydroxylation sites is 1. The zero-order valence-corrected chi connectivity index (χ0v) is 11.4. The molecule has 0 atom stereocenters. The van der Waals surface area contributed by atoms with E-state index in [1.165, 1.54) is 0 Å². The minimum Gasteiger partial charge on any atom is -0.344 e. The molecule has 94 valence electrons. The lowest BCUT2D eigenvalue weighted by molar-refractivity contribution is 0.816. The summed E-state index contributed by atoms with van der Waals surface area (Å²) >= 11 is 6.27. The Morgan fingerprint density at radius 2 is 1.78 bits per heavy atom. The lowest BCUT2D eigenvalue weighted by atomic mass is 10.1. The normalized spacial score (nSPS) is 10.4. The van der Waals surface area contributed by atoms with Crippen LogP contribution >= 0.6 is 11.6 Å². The fraction of sp³-hybridized carbons (Fsp3) is 0.200. The Kier molecular flexibility index (Phi) is 4.24. The molecule has 0 fully saturated rings. The Bertz CT molecular complexity index is 511. The standard InChI is InChI=1S/C15H17ClN2/c1-17-11-13-14(16)9-6-10-15(13)18(2)12-7-4-3-5-8-12/h3-10,17H,11H2,1-2H3. The highest BCUT2D eigenvalue weighted by Crippen LogP contribution is 2.31. The summed E-state index contributed by atoms with van der Waals surface area (Å²) in [4.78, 5) is 2.15. The predicted molar refractivity (Wildman–Crippen MR) is 78.7 cm³/mol. The van der Waals surface area contributed by atoms with Crippen LogP contribution in [0.5, 0.6) is 0 Å². The van der Waals surface area contributed by atoms with Crippen LogP contribution in [0.15, 0.2) is 48.5 Å². The third-order valence-corrected chi connectivity index (χ3v) is 3.31. The summed E-state index contributed by atoms with van der Waals surface area (Å²) in [5.41, 5.74) is 3.40. The fourth-order valence-electron chi connectivity index (χ4n) is 2.00. The van der Waals surface area contributed by atoms with E-state index in [-0.39, 0.29) is 0 Å². The second-order valence-corrected chi connectivity index (χ2v) is 4.57. The van der Waals surface area contributed by atoms with Crippen LogP contribution in [0.3, 0.4) is 0 Å². The van der Waals surface area contributed by atoms with Gasteiger partial charge in [0.15, 0.2) is 0 Å². The summed E-state index contributed by atoms with van der Waals surface area (Å²) in [7, 11) is 3.98. The molecule has 0 saturated carbocycles. The van der Waals surface area contributed by atoms with E-state index in [0.29, 0.717) is 0 Å². The molecule has 2 rings (SSSR count). The molecule has 0 aliphatic heterocycles. The number of halogens is 1. The molecule has 0 heterocycles. The highest BCUT2D eigenvalue weighted by atomic mass is 35.5. The average molecular weight is 261 g/mol. The molecule has 2 nitrogen and oxygen atoms in total. The maximum atomic E-state index is 6.27. The van der Waals surface area contributed by atoms with Crippen LogP contribution in [0.4, 0.5) is 11.4 Å². The van der Waals surface area contributed by atoms with Crippen molar-refractivity contribution in [3.8, 4) is 0 Å². The molecule has 0 unspecified atom stereocenters. The van der Waals surface area contributed by atoms with E-state index >= 15 is 0 Å². The largest absolute Gasteiger partial charge is 0.344 e. The average Bonchev–Trinajstić information content (AvgIpc) is 2.41. The van der Waals surface area contributed by atoms with Gasteiger partial charge in [0.25, 0.3) is 0 Å². The molecular formula is C15H17ClN2. The van der Waals surface area contributed by atoms with E-state index in [4.69, 9.17) is 11.6 Å². The smallest absolute Gasteiger partial charge is 0.0471 e. The molecule has 18 heavy (non-hydrogen) atoms. The SMILES string of the molecule is CNCc1c(Cl)cccc1N(C)c1ccccc1. The number of rotatable bonds is 4. The van der Waals surface area contributed by atoms with E-state index in [2.05, 4.69) is 35.5 Å². The Hall–Kier alpha value is -1.51. The summed E-state index contributed by atoms with van der Waals surface area (Å²) in [5, 5.41) is 3.96. The molecule has 0 aromatic heterocycles. The molecular weight excluding hydrogens is 244 g/mol. The van der Waals surface area contributed by atoms with Crippen molar-refractivity contribution in [1.82, 2.24) is 5.32 Å². The van der Waals surface area contributed by atoms with Crippen LogP contribution < -0.4 is 10.2 Å². The quantitative estimate of drug-likeness (QED) is 0.899. The van der Waals surface area contributed by atoms with Crippen molar-refractivity contribution in [2.45, 2.75) is 6.54 Å². The zero-order chi connectivity index (χ0) is 13.0. The molecule has 2 aromatic rings. The molecule has 0 spiro atoms. The highest BCUT2D eigenvalue weighted by molar-refractivity contribution is 6.31. The molecule has 0 radical (unpaired) electrons. The molecule has 1 N–H and O–H groups in total. The van der Waals surface area contributed by atoms with Gasteiger partial charge in [-0.1, -0.05) is 35.9 Å². The molecule has 0 aliphatic carbocycles.